The van der Waals surface area contributed by atoms with Crippen LogP contribution in [-0.2, 0) is 6.54 Å². The van der Waals surface area contributed by atoms with Crippen LogP contribution in [0.2, 0.25) is 0 Å². The van der Waals surface area contributed by atoms with Crippen LogP contribution in [0.5, 0.6) is 0 Å². The summed E-state index contributed by atoms with van der Waals surface area (Å²) in [6, 6.07) is 8.16. The zero-order chi connectivity index (χ0) is 11.5. The van der Waals surface area contributed by atoms with Gasteiger partial charge in [0.1, 0.15) is 0 Å². The molecular formula is C11H11BrN4. The fourth-order valence-corrected chi connectivity index (χ4v) is 2.12. The molecule has 2 aromatic rings. The van der Waals surface area contributed by atoms with Gasteiger partial charge in [-0.2, -0.15) is 0 Å². The van der Waals surface area contributed by atoms with E-state index in [-0.39, 0.29) is 6.04 Å². The van der Waals surface area contributed by atoms with Gasteiger partial charge in [-0.15, -0.1) is 0 Å². The Bertz CT molecular complexity index is 554. The molecule has 0 amide bonds. The zero-order valence-electron chi connectivity index (χ0n) is 8.84. The molecule has 2 rings (SSSR count). The monoisotopic (exact) mass is 278 g/mol. The number of hydrogen-bond donors (Lipinski definition) is 0. The first-order chi connectivity index (χ1) is 7.70. The highest BCUT2D eigenvalue weighted by molar-refractivity contribution is 9.10. The summed E-state index contributed by atoms with van der Waals surface area (Å²) < 4.78 is 3.17. The topological polar surface area (TPSA) is 53.7 Å². The molecule has 0 aliphatic rings. The van der Waals surface area contributed by atoms with Crippen LogP contribution in [0.1, 0.15) is 6.92 Å². The maximum atomic E-state index is 8.36. The second kappa shape index (κ2) is 4.60. The molecule has 0 bridgehead atoms. The number of aromatic nitrogens is 1. The van der Waals surface area contributed by atoms with Gasteiger partial charge in [-0.1, -0.05) is 28.0 Å². The van der Waals surface area contributed by atoms with Crippen LogP contribution in [0.25, 0.3) is 21.3 Å². The fourth-order valence-electron chi connectivity index (χ4n) is 1.74. The Morgan fingerprint density at radius 2 is 2.31 bits per heavy atom. The van der Waals surface area contributed by atoms with Gasteiger partial charge in [0, 0.05) is 33.0 Å². The Balaban J connectivity index is 2.35. The number of halogens is 1. The standard InChI is InChI=1S/C11H11BrN4/c1-8(14-15-13)7-16-5-4-9-6-10(12)2-3-11(9)16/h2-6,8H,7H2,1H3. The van der Waals surface area contributed by atoms with Crippen LogP contribution in [0, 0.1) is 0 Å². The molecule has 0 radical (unpaired) electrons. The van der Waals surface area contributed by atoms with E-state index in [9.17, 15) is 0 Å². The SMILES string of the molecule is CC(Cn1ccc2cc(Br)ccc21)N=[N+]=[N-]. The lowest BCUT2D eigenvalue weighted by molar-refractivity contribution is 0.602. The fraction of sp³-hybridized carbons (Fsp3) is 0.273. The molecule has 4 nitrogen and oxygen atoms in total. The molecule has 1 aromatic carbocycles. The minimum Gasteiger partial charge on any atom is -0.347 e. The predicted octanol–water partition coefficient (Wildman–Crippen LogP) is 4.10. The minimum atomic E-state index is -0.0377. The van der Waals surface area contributed by atoms with Crippen molar-refractivity contribution in [2.24, 2.45) is 5.11 Å². The van der Waals surface area contributed by atoms with E-state index < -0.39 is 0 Å². The summed E-state index contributed by atoms with van der Waals surface area (Å²) in [6.07, 6.45) is 2.01. The average Bonchev–Trinajstić information content (AvgIpc) is 2.61. The van der Waals surface area contributed by atoms with Crippen molar-refractivity contribution in [3.63, 3.8) is 0 Å². The normalized spacial score (nSPS) is 12.4. The second-order valence-corrected chi connectivity index (χ2v) is 4.64. The van der Waals surface area contributed by atoms with Crippen LogP contribution < -0.4 is 0 Å². The summed E-state index contributed by atoms with van der Waals surface area (Å²) in [5, 5.41) is 4.86. The van der Waals surface area contributed by atoms with Crippen LogP contribution in [0.3, 0.4) is 0 Å². The van der Waals surface area contributed by atoms with Gasteiger partial charge in [-0.05, 0) is 29.8 Å². The minimum absolute atomic E-state index is 0.0377. The van der Waals surface area contributed by atoms with Crippen molar-refractivity contribution in [2.75, 3.05) is 0 Å². The summed E-state index contributed by atoms with van der Waals surface area (Å²) in [6.45, 7) is 2.61. The van der Waals surface area contributed by atoms with Crippen molar-refractivity contribution in [3.05, 3.63) is 45.4 Å². The van der Waals surface area contributed by atoms with Crippen LogP contribution in [0.4, 0.5) is 0 Å². The Labute approximate surface area is 102 Å². The molecule has 5 heteroatoms. The molecule has 0 aliphatic heterocycles. The Kier molecular flexibility index (Phi) is 3.17. The maximum absolute atomic E-state index is 8.36. The lowest BCUT2D eigenvalue weighted by Crippen LogP contribution is -2.08. The third-order valence-corrected chi connectivity index (χ3v) is 2.94. The first kappa shape index (κ1) is 11.0. The molecule has 1 atom stereocenters. The van der Waals surface area contributed by atoms with Gasteiger partial charge < -0.3 is 4.57 Å². The van der Waals surface area contributed by atoms with Crippen molar-refractivity contribution >= 4 is 26.8 Å². The van der Waals surface area contributed by atoms with E-state index in [4.69, 9.17) is 5.53 Å². The van der Waals surface area contributed by atoms with Crippen molar-refractivity contribution in [3.8, 4) is 0 Å². The summed E-state index contributed by atoms with van der Waals surface area (Å²) in [5.41, 5.74) is 9.51. The first-order valence-electron chi connectivity index (χ1n) is 4.99. The van der Waals surface area contributed by atoms with E-state index in [0.29, 0.717) is 6.54 Å². The van der Waals surface area contributed by atoms with E-state index in [2.05, 4.69) is 48.7 Å². The molecule has 16 heavy (non-hydrogen) atoms. The lowest BCUT2D eigenvalue weighted by atomic mass is 10.2. The van der Waals surface area contributed by atoms with Crippen molar-refractivity contribution < 1.29 is 0 Å². The number of rotatable bonds is 3. The molecule has 0 aliphatic carbocycles. The summed E-state index contributed by atoms with van der Waals surface area (Å²) >= 11 is 3.44. The van der Waals surface area contributed by atoms with Gasteiger partial charge in [0.25, 0.3) is 0 Å². The Hall–Kier alpha value is -1.45. The summed E-state index contributed by atoms with van der Waals surface area (Å²) in [7, 11) is 0. The molecule has 0 fully saturated rings. The van der Waals surface area contributed by atoms with E-state index in [1.165, 1.54) is 5.39 Å². The van der Waals surface area contributed by atoms with Gasteiger partial charge in [-0.25, -0.2) is 0 Å². The third-order valence-electron chi connectivity index (χ3n) is 2.44. The van der Waals surface area contributed by atoms with Crippen molar-refractivity contribution in [2.45, 2.75) is 19.5 Å². The van der Waals surface area contributed by atoms with E-state index in [0.717, 1.165) is 9.99 Å². The molecule has 0 saturated heterocycles. The van der Waals surface area contributed by atoms with Crippen molar-refractivity contribution in [1.29, 1.82) is 0 Å². The summed E-state index contributed by atoms with van der Waals surface area (Å²) in [4.78, 5) is 2.81. The molecule has 0 saturated carbocycles. The van der Waals surface area contributed by atoms with Gasteiger partial charge in [0.05, 0.1) is 6.04 Å². The van der Waals surface area contributed by atoms with E-state index in [1.807, 2.05) is 19.2 Å². The maximum Gasteiger partial charge on any atom is 0.0525 e. The lowest BCUT2D eigenvalue weighted by Gasteiger charge is -2.07. The van der Waals surface area contributed by atoms with E-state index in [1.54, 1.807) is 0 Å². The highest BCUT2D eigenvalue weighted by Gasteiger charge is 2.04. The molecular weight excluding hydrogens is 268 g/mol. The Morgan fingerprint density at radius 1 is 1.50 bits per heavy atom. The highest BCUT2D eigenvalue weighted by atomic mass is 79.9. The van der Waals surface area contributed by atoms with Gasteiger partial charge in [0.2, 0.25) is 0 Å². The molecule has 1 heterocycles. The first-order valence-corrected chi connectivity index (χ1v) is 5.78. The average molecular weight is 279 g/mol. The quantitative estimate of drug-likeness (QED) is 0.461. The third kappa shape index (κ3) is 2.21. The van der Waals surface area contributed by atoms with Crippen LogP contribution in [-0.4, -0.2) is 10.6 Å². The van der Waals surface area contributed by atoms with Crippen LogP contribution >= 0.6 is 15.9 Å². The number of azide groups is 1. The van der Waals surface area contributed by atoms with Gasteiger partial charge in [0.15, 0.2) is 0 Å². The van der Waals surface area contributed by atoms with Crippen molar-refractivity contribution in [1.82, 2.24) is 4.57 Å². The van der Waals surface area contributed by atoms with E-state index >= 15 is 0 Å². The smallest absolute Gasteiger partial charge is 0.0525 e. The molecule has 82 valence electrons. The zero-order valence-corrected chi connectivity index (χ0v) is 10.4. The van der Waals surface area contributed by atoms with Gasteiger partial charge >= 0.3 is 0 Å². The number of hydrogen-bond acceptors (Lipinski definition) is 1. The highest BCUT2D eigenvalue weighted by Crippen LogP contribution is 2.21. The number of benzene rings is 1. The number of fused-ring (bicyclic) bond motifs is 1. The molecule has 1 unspecified atom stereocenters. The summed E-state index contributed by atoms with van der Waals surface area (Å²) in [5.74, 6) is 0. The second-order valence-electron chi connectivity index (χ2n) is 3.73. The van der Waals surface area contributed by atoms with Gasteiger partial charge in [-0.3, -0.25) is 0 Å². The number of nitrogens with zero attached hydrogens (tertiary/aromatic N) is 4. The van der Waals surface area contributed by atoms with Crippen LogP contribution in [0.15, 0.2) is 40.0 Å². The molecule has 0 N–H and O–H groups in total. The predicted molar refractivity (Wildman–Crippen MR) is 68.2 cm³/mol. The molecule has 1 aromatic heterocycles. The molecule has 0 spiro atoms. The Morgan fingerprint density at radius 3 is 3.06 bits per heavy atom. The largest absolute Gasteiger partial charge is 0.347 e.